The number of nitrogens with zero attached hydrogens (tertiary/aromatic N) is 1. The third kappa shape index (κ3) is 7.93. The third-order valence-electron chi connectivity index (χ3n) is 6.27. The predicted octanol–water partition coefficient (Wildman–Crippen LogP) is 5.02. The van der Waals surface area contributed by atoms with E-state index in [1.807, 2.05) is 0 Å². The lowest BCUT2D eigenvalue weighted by Gasteiger charge is -2.35. The number of benzene rings is 1. The molecule has 2 N–H and O–H groups in total. The van der Waals surface area contributed by atoms with Crippen LogP contribution in [-0.4, -0.2) is 47.7 Å². The molecular weight excluding hydrogens is 407 g/mol. The summed E-state index contributed by atoms with van der Waals surface area (Å²) in [5.41, 5.74) is 2.88. The molecule has 1 aromatic carbocycles. The summed E-state index contributed by atoms with van der Waals surface area (Å²) in [6.45, 7) is 2.93. The van der Waals surface area contributed by atoms with Crippen molar-refractivity contribution in [2.45, 2.75) is 70.0 Å². The van der Waals surface area contributed by atoms with Gasteiger partial charge in [0.25, 0.3) is 0 Å². The highest BCUT2D eigenvalue weighted by Crippen LogP contribution is 2.40. The lowest BCUT2D eigenvalue weighted by Crippen LogP contribution is -2.42. The Bertz CT molecular complexity index is 646. The Labute approximate surface area is 188 Å². The monoisotopic (exact) mass is 442 g/mol. The molecule has 0 radical (unpaired) electrons. The van der Waals surface area contributed by atoms with Crippen LogP contribution in [0.2, 0.25) is 0 Å². The minimum Gasteiger partial charge on any atom is -0.481 e. The summed E-state index contributed by atoms with van der Waals surface area (Å²) in [6, 6.07) is 12.5. The van der Waals surface area contributed by atoms with E-state index < -0.39 is 5.97 Å². The zero-order valence-corrected chi connectivity index (χ0v) is 19.2. The van der Waals surface area contributed by atoms with Crippen LogP contribution in [0.25, 0.3) is 6.08 Å². The van der Waals surface area contributed by atoms with E-state index in [1.165, 1.54) is 37.7 Å². The number of carboxylic acid groups (broad SMARTS) is 1. The highest BCUT2D eigenvalue weighted by Gasteiger charge is 2.40. The zero-order chi connectivity index (χ0) is 19.2. The van der Waals surface area contributed by atoms with Crippen molar-refractivity contribution >= 4 is 36.9 Å². The minimum absolute atomic E-state index is 0. The maximum atomic E-state index is 10.8. The fourth-order valence-corrected chi connectivity index (χ4v) is 4.46. The molecule has 0 spiro atoms. The van der Waals surface area contributed by atoms with E-state index in [4.69, 9.17) is 5.11 Å². The molecule has 2 saturated carbocycles. The van der Waals surface area contributed by atoms with Crippen molar-refractivity contribution in [1.29, 1.82) is 0 Å². The molecule has 1 aromatic rings. The first-order valence-corrected chi connectivity index (χ1v) is 10.5. The van der Waals surface area contributed by atoms with Gasteiger partial charge in [-0.05, 0) is 57.1 Å². The van der Waals surface area contributed by atoms with Gasteiger partial charge < -0.3 is 15.3 Å². The van der Waals surface area contributed by atoms with E-state index >= 15 is 0 Å². The average Bonchev–Trinajstić information content (AvgIpc) is 3.44. The van der Waals surface area contributed by atoms with Gasteiger partial charge in [-0.25, -0.2) is 0 Å². The molecule has 0 amide bonds. The van der Waals surface area contributed by atoms with E-state index in [0.29, 0.717) is 30.6 Å². The van der Waals surface area contributed by atoms with Gasteiger partial charge >= 0.3 is 5.97 Å². The SMILES string of the molecule is CCC(=Cc1ccccc1)[C@@H]1C[C@H]1N[C@H]1CC[C@H](N(C)CCC(=O)O)CC1.Cl.Cl. The van der Waals surface area contributed by atoms with Crippen LogP contribution >= 0.6 is 24.8 Å². The van der Waals surface area contributed by atoms with Crippen molar-refractivity contribution in [2.24, 2.45) is 5.92 Å². The Morgan fingerprint density at radius 3 is 2.41 bits per heavy atom. The third-order valence-corrected chi connectivity index (χ3v) is 6.27. The summed E-state index contributed by atoms with van der Waals surface area (Å²) < 4.78 is 0. The molecule has 0 aliphatic heterocycles. The number of halogens is 2. The molecule has 6 heteroatoms. The van der Waals surface area contributed by atoms with Crippen molar-refractivity contribution in [3.63, 3.8) is 0 Å². The van der Waals surface area contributed by atoms with Gasteiger partial charge in [0.2, 0.25) is 0 Å². The Kier molecular flexibility index (Phi) is 11.3. The number of hydrogen-bond acceptors (Lipinski definition) is 3. The number of aliphatic carboxylic acids is 1. The van der Waals surface area contributed by atoms with Crippen LogP contribution in [0.5, 0.6) is 0 Å². The fourth-order valence-electron chi connectivity index (χ4n) is 4.46. The van der Waals surface area contributed by atoms with Crippen molar-refractivity contribution < 1.29 is 9.90 Å². The summed E-state index contributed by atoms with van der Waals surface area (Å²) in [4.78, 5) is 13.0. The lowest BCUT2D eigenvalue weighted by molar-refractivity contribution is -0.137. The Hall–Kier alpha value is -1.07. The topological polar surface area (TPSA) is 52.6 Å². The summed E-state index contributed by atoms with van der Waals surface area (Å²) in [6.07, 6.45) is 9.76. The van der Waals surface area contributed by atoms with E-state index in [-0.39, 0.29) is 31.2 Å². The van der Waals surface area contributed by atoms with Gasteiger partial charge in [0.05, 0.1) is 6.42 Å². The first kappa shape index (κ1) is 26.0. The molecule has 0 heterocycles. The number of carboxylic acids is 1. The second-order valence-electron chi connectivity index (χ2n) is 8.23. The molecule has 164 valence electrons. The molecule has 0 aromatic heterocycles. The van der Waals surface area contributed by atoms with E-state index in [2.05, 4.69) is 60.6 Å². The van der Waals surface area contributed by atoms with Gasteiger partial charge in [-0.3, -0.25) is 4.79 Å². The van der Waals surface area contributed by atoms with Gasteiger partial charge in [0.15, 0.2) is 0 Å². The number of hydrogen-bond donors (Lipinski definition) is 2. The molecular formula is C23H36Cl2N2O2. The van der Waals surface area contributed by atoms with Crippen molar-refractivity contribution in [1.82, 2.24) is 10.2 Å². The van der Waals surface area contributed by atoms with Gasteiger partial charge in [0.1, 0.15) is 0 Å². The second-order valence-corrected chi connectivity index (χ2v) is 8.23. The molecule has 2 aliphatic rings. The van der Waals surface area contributed by atoms with Gasteiger partial charge in [-0.15, -0.1) is 24.8 Å². The molecule has 2 aliphatic carbocycles. The first-order valence-electron chi connectivity index (χ1n) is 10.5. The highest BCUT2D eigenvalue weighted by molar-refractivity contribution is 5.85. The Morgan fingerprint density at radius 2 is 1.83 bits per heavy atom. The van der Waals surface area contributed by atoms with Crippen LogP contribution in [0.15, 0.2) is 35.9 Å². The maximum absolute atomic E-state index is 10.8. The number of carbonyl (C=O) groups is 1. The molecule has 0 bridgehead atoms. The molecule has 3 rings (SSSR count). The van der Waals surface area contributed by atoms with Crippen LogP contribution < -0.4 is 5.32 Å². The van der Waals surface area contributed by atoms with Crippen LogP contribution in [0.4, 0.5) is 0 Å². The Balaban J connectivity index is 0.00000210. The normalized spacial score (nSPS) is 26.4. The van der Waals surface area contributed by atoms with Gasteiger partial charge in [0, 0.05) is 24.7 Å². The number of nitrogens with one attached hydrogen (secondary N) is 1. The van der Waals surface area contributed by atoms with Crippen LogP contribution in [0.3, 0.4) is 0 Å². The van der Waals surface area contributed by atoms with E-state index in [0.717, 1.165) is 6.42 Å². The summed E-state index contributed by atoms with van der Waals surface area (Å²) in [5.74, 6) is -0.00145. The highest BCUT2D eigenvalue weighted by atomic mass is 35.5. The van der Waals surface area contributed by atoms with Crippen molar-refractivity contribution in [2.75, 3.05) is 13.6 Å². The first-order chi connectivity index (χ1) is 13.1. The summed E-state index contributed by atoms with van der Waals surface area (Å²) >= 11 is 0. The predicted molar refractivity (Wildman–Crippen MR) is 125 cm³/mol. The molecule has 2 fully saturated rings. The molecule has 4 nitrogen and oxygen atoms in total. The van der Waals surface area contributed by atoms with Gasteiger partial charge in [-0.2, -0.15) is 0 Å². The largest absolute Gasteiger partial charge is 0.481 e. The average molecular weight is 443 g/mol. The molecule has 0 unspecified atom stereocenters. The zero-order valence-electron chi connectivity index (χ0n) is 17.5. The van der Waals surface area contributed by atoms with Crippen molar-refractivity contribution in [3.8, 4) is 0 Å². The standard InChI is InChI=1S/C23H34N2O2.2ClH/c1-3-18(15-17-7-5-4-6-8-17)21-16-22(21)24-19-9-11-20(12-10-19)25(2)14-13-23(26)27;;/h4-8,15,19-22,24H,3,9-14,16H2,1-2H3,(H,26,27);2*1H/t19-,20-,21-,22+;;/m0../s1. The summed E-state index contributed by atoms with van der Waals surface area (Å²) in [7, 11) is 2.07. The van der Waals surface area contributed by atoms with Crippen LogP contribution in [-0.2, 0) is 4.79 Å². The van der Waals surface area contributed by atoms with E-state index in [9.17, 15) is 4.79 Å². The molecule has 0 saturated heterocycles. The Morgan fingerprint density at radius 1 is 1.17 bits per heavy atom. The molecule has 2 atom stereocenters. The van der Waals surface area contributed by atoms with Crippen LogP contribution in [0.1, 0.15) is 57.4 Å². The maximum Gasteiger partial charge on any atom is 0.304 e. The summed E-state index contributed by atoms with van der Waals surface area (Å²) in [5, 5.41) is 12.8. The van der Waals surface area contributed by atoms with Crippen LogP contribution in [0, 0.1) is 5.92 Å². The second kappa shape index (κ2) is 12.6. The minimum atomic E-state index is -0.702. The quantitative estimate of drug-likeness (QED) is 0.563. The lowest BCUT2D eigenvalue weighted by atomic mass is 9.90. The van der Waals surface area contributed by atoms with E-state index in [1.54, 1.807) is 5.57 Å². The smallest absolute Gasteiger partial charge is 0.304 e. The number of rotatable bonds is 9. The molecule has 29 heavy (non-hydrogen) atoms. The van der Waals surface area contributed by atoms with Gasteiger partial charge in [-0.1, -0.05) is 48.9 Å². The fraction of sp³-hybridized carbons (Fsp3) is 0.609. The van der Waals surface area contributed by atoms with Crippen molar-refractivity contribution in [3.05, 3.63) is 41.5 Å².